The second-order valence-corrected chi connectivity index (χ2v) is 4.20. The lowest BCUT2D eigenvalue weighted by molar-refractivity contribution is 0.380. The van der Waals surface area contributed by atoms with Crippen LogP contribution >= 0.6 is 11.6 Å². The van der Waals surface area contributed by atoms with Crippen molar-refractivity contribution in [2.75, 3.05) is 7.11 Å². The highest BCUT2D eigenvalue weighted by atomic mass is 35.5. The highest BCUT2D eigenvalue weighted by Crippen LogP contribution is 2.27. The van der Waals surface area contributed by atoms with Gasteiger partial charge in [-0.25, -0.2) is 4.98 Å². The number of rotatable bonds is 1. The van der Waals surface area contributed by atoms with Crippen LogP contribution in [0.1, 0.15) is 24.1 Å². The largest absolute Gasteiger partial charge is 0.466 e. The molecule has 1 aliphatic carbocycles. The van der Waals surface area contributed by atoms with Gasteiger partial charge in [0.25, 0.3) is 5.78 Å². The first-order valence-corrected chi connectivity index (χ1v) is 5.65. The first-order chi connectivity index (χ1) is 7.79. The zero-order chi connectivity index (χ0) is 11.1. The number of hydrogen-bond acceptors (Lipinski definition) is 4. The van der Waals surface area contributed by atoms with Gasteiger partial charge in [-0.15, -0.1) is 5.10 Å². The average Bonchev–Trinajstić information content (AvgIpc) is 2.73. The molecule has 84 valence electrons. The van der Waals surface area contributed by atoms with Crippen LogP contribution in [-0.4, -0.2) is 26.7 Å². The molecule has 0 bridgehead atoms. The zero-order valence-corrected chi connectivity index (χ0v) is 9.66. The molecule has 0 saturated heterocycles. The predicted molar refractivity (Wildman–Crippen MR) is 59.0 cm³/mol. The average molecular weight is 239 g/mol. The van der Waals surface area contributed by atoms with Gasteiger partial charge in [-0.1, -0.05) is 11.6 Å². The first kappa shape index (κ1) is 9.84. The number of methoxy groups -OCH3 is 1. The molecule has 3 rings (SSSR count). The topological polar surface area (TPSA) is 52.3 Å². The highest BCUT2D eigenvalue weighted by Gasteiger charge is 2.19. The van der Waals surface area contributed by atoms with E-state index in [1.165, 1.54) is 7.11 Å². The quantitative estimate of drug-likeness (QED) is 0.709. The van der Waals surface area contributed by atoms with Crippen molar-refractivity contribution in [3.8, 4) is 6.01 Å². The molecule has 0 unspecified atom stereocenters. The molecule has 2 aromatic heterocycles. The van der Waals surface area contributed by atoms with E-state index in [0.29, 0.717) is 16.9 Å². The maximum Gasteiger partial charge on any atom is 0.337 e. The molecule has 0 radical (unpaired) electrons. The monoisotopic (exact) mass is 238 g/mol. The fraction of sp³-hybridized carbons (Fsp3) is 0.500. The lowest BCUT2D eigenvalue weighted by atomic mass is 9.97. The van der Waals surface area contributed by atoms with E-state index in [1.807, 2.05) is 0 Å². The number of aryl methyl sites for hydroxylation is 1. The Morgan fingerprint density at radius 1 is 1.25 bits per heavy atom. The molecule has 5 nitrogen and oxygen atoms in total. The van der Waals surface area contributed by atoms with Crippen LogP contribution in [-0.2, 0) is 12.8 Å². The van der Waals surface area contributed by atoms with Gasteiger partial charge in [0.1, 0.15) is 5.15 Å². The Bertz CT molecular complexity index is 551. The van der Waals surface area contributed by atoms with Crippen LogP contribution in [0.25, 0.3) is 5.78 Å². The van der Waals surface area contributed by atoms with Gasteiger partial charge in [0.15, 0.2) is 0 Å². The molecule has 1 aliphatic rings. The van der Waals surface area contributed by atoms with Gasteiger partial charge in [-0.2, -0.15) is 9.50 Å². The summed E-state index contributed by atoms with van der Waals surface area (Å²) in [5.41, 5.74) is 2.16. The first-order valence-electron chi connectivity index (χ1n) is 5.27. The summed E-state index contributed by atoms with van der Waals surface area (Å²) in [6, 6.07) is 0.303. The van der Waals surface area contributed by atoms with Crippen molar-refractivity contribution in [1.82, 2.24) is 19.6 Å². The van der Waals surface area contributed by atoms with Gasteiger partial charge in [0.05, 0.1) is 12.8 Å². The van der Waals surface area contributed by atoms with Crippen LogP contribution in [0.15, 0.2) is 0 Å². The molecule has 0 N–H and O–H groups in total. The van der Waals surface area contributed by atoms with Crippen LogP contribution < -0.4 is 4.74 Å². The Morgan fingerprint density at radius 3 is 2.88 bits per heavy atom. The van der Waals surface area contributed by atoms with Crippen molar-refractivity contribution in [2.45, 2.75) is 25.7 Å². The summed E-state index contributed by atoms with van der Waals surface area (Å²) < 4.78 is 6.52. The van der Waals surface area contributed by atoms with E-state index in [0.717, 1.165) is 36.9 Å². The molecule has 0 atom stereocenters. The standard InChI is InChI=1S/C10H11ClN4O/c1-16-10-13-9-12-7-5-3-2-4-6(7)8(11)15(9)14-10/h2-5H2,1H3. The van der Waals surface area contributed by atoms with Crippen molar-refractivity contribution in [3.63, 3.8) is 0 Å². The number of fused-ring (bicyclic) bond motifs is 2. The van der Waals surface area contributed by atoms with E-state index in [1.54, 1.807) is 4.52 Å². The van der Waals surface area contributed by atoms with E-state index in [-0.39, 0.29) is 0 Å². The molecule has 2 heterocycles. The third-order valence-corrected chi connectivity index (χ3v) is 3.25. The van der Waals surface area contributed by atoms with Gasteiger partial charge < -0.3 is 4.74 Å². The minimum Gasteiger partial charge on any atom is -0.466 e. The van der Waals surface area contributed by atoms with Gasteiger partial charge >= 0.3 is 6.01 Å². The molecule has 2 aromatic rings. The van der Waals surface area contributed by atoms with Crippen LogP contribution in [0.2, 0.25) is 5.15 Å². The second-order valence-electron chi connectivity index (χ2n) is 3.85. The van der Waals surface area contributed by atoms with Crippen molar-refractivity contribution >= 4 is 17.4 Å². The summed E-state index contributed by atoms with van der Waals surface area (Å²) in [4.78, 5) is 8.60. The summed E-state index contributed by atoms with van der Waals surface area (Å²) in [6.07, 6.45) is 4.27. The Balaban J connectivity index is 2.28. The van der Waals surface area contributed by atoms with Crippen molar-refractivity contribution in [3.05, 3.63) is 16.4 Å². The maximum atomic E-state index is 6.29. The molecule has 0 fully saturated rings. The molecule has 0 saturated carbocycles. The SMILES string of the molecule is COc1nc2nc3c(c(Cl)n2n1)CCCC3. The minimum absolute atomic E-state index is 0.303. The summed E-state index contributed by atoms with van der Waals surface area (Å²) in [5, 5.41) is 4.75. The number of hydrogen-bond donors (Lipinski definition) is 0. The maximum absolute atomic E-state index is 6.29. The molecular formula is C10H11ClN4O. The Labute approximate surface area is 97.4 Å². The van der Waals surface area contributed by atoms with Crippen molar-refractivity contribution < 1.29 is 4.74 Å². The van der Waals surface area contributed by atoms with Crippen LogP contribution in [0.5, 0.6) is 6.01 Å². The molecule has 0 aliphatic heterocycles. The molecule has 0 aromatic carbocycles. The zero-order valence-electron chi connectivity index (χ0n) is 8.90. The van der Waals surface area contributed by atoms with Crippen LogP contribution in [0.4, 0.5) is 0 Å². The fourth-order valence-corrected chi connectivity index (χ4v) is 2.38. The van der Waals surface area contributed by atoms with E-state index >= 15 is 0 Å². The van der Waals surface area contributed by atoms with E-state index in [4.69, 9.17) is 16.3 Å². The molecule has 6 heteroatoms. The Kier molecular flexibility index (Phi) is 2.21. The molecule has 0 spiro atoms. The third-order valence-electron chi connectivity index (χ3n) is 2.86. The Morgan fingerprint density at radius 2 is 2.06 bits per heavy atom. The molecule has 16 heavy (non-hydrogen) atoms. The van der Waals surface area contributed by atoms with E-state index < -0.39 is 0 Å². The van der Waals surface area contributed by atoms with Crippen LogP contribution in [0, 0.1) is 0 Å². The minimum atomic E-state index is 0.303. The molecular weight excluding hydrogens is 228 g/mol. The lowest BCUT2D eigenvalue weighted by Crippen LogP contribution is -2.10. The van der Waals surface area contributed by atoms with Crippen LogP contribution in [0.3, 0.4) is 0 Å². The summed E-state index contributed by atoms with van der Waals surface area (Å²) >= 11 is 6.29. The van der Waals surface area contributed by atoms with Crippen molar-refractivity contribution in [2.24, 2.45) is 0 Å². The summed E-state index contributed by atoms with van der Waals surface area (Å²) in [6.45, 7) is 0. The molecule has 0 amide bonds. The van der Waals surface area contributed by atoms with Gasteiger partial charge in [-0.05, 0) is 25.7 Å². The van der Waals surface area contributed by atoms with E-state index in [9.17, 15) is 0 Å². The summed E-state index contributed by atoms with van der Waals surface area (Å²) in [5.74, 6) is 0.516. The number of halogens is 1. The Hall–Kier alpha value is -1.36. The third kappa shape index (κ3) is 1.35. The highest BCUT2D eigenvalue weighted by molar-refractivity contribution is 6.30. The number of ether oxygens (including phenoxy) is 1. The van der Waals surface area contributed by atoms with E-state index in [2.05, 4.69) is 15.1 Å². The second kappa shape index (κ2) is 3.59. The van der Waals surface area contributed by atoms with Gasteiger partial charge in [-0.3, -0.25) is 0 Å². The smallest absolute Gasteiger partial charge is 0.337 e. The van der Waals surface area contributed by atoms with Crippen molar-refractivity contribution in [1.29, 1.82) is 0 Å². The fourth-order valence-electron chi connectivity index (χ4n) is 2.06. The predicted octanol–water partition coefficient (Wildman–Crippen LogP) is 1.67. The van der Waals surface area contributed by atoms with Gasteiger partial charge in [0, 0.05) is 5.56 Å². The normalized spacial score (nSPS) is 15.1. The summed E-state index contributed by atoms with van der Waals surface area (Å²) in [7, 11) is 1.53. The lowest BCUT2D eigenvalue weighted by Gasteiger charge is -2.15. The van der Waals surface area contributed by atoms with Gasteiger partial charge in [0.2, 0.25) is 0 Å². The number of aromatic nitrogens is 4. The number of nitrogens with zero attached hydrogens (tertiary/aromatic N) is 4.